The molecule has 0 fully saturated rings. The molecular formula is C37H52O5. The van der Waals surface area contributed by atoms with Gasteiger partial charge in [0.25, 0.3) is 0 Å². The first-order valence-electron chi connectivity index (χ1n) is 14.7. The van der Waals surface area contributed by atoms with E-state index in [4.69, 9.17) is 14.2 Å². The molecule has 0 radical (unpaired) electrons. The number of methoxy groups -OCH3 is 2. The molecule has 0 amide bonds. The van der Waals surface area contributed by atoms with Gasteiger partial charge in [0, 0.05) is 18.8 Å². The number of carbonyl (C=O) groups is 2. The van der Waals surface area contributed by atoms with Crippen LogP contribution in [0.3, 0.4) is 0 Å². The molecule has 3 aromatic carbocycles. The number of para-hydroxylation sites is 1. The Kier molecular flexibility index (Phi) is 15.7. The van der Waals surface area contributed by atoms with E-state index >= 15 is 0 Å². The molecule has 0 saturated carbocycles. The highest BCUT2D eigenvalue weighted by Gasteiger charge is 2.23. The third kappa shape index (κ3) is 14.9. The molecule has 0 saturated heterocycles. The fourth-order valence-corrected chi connectivity index (χ4v) is 4.41. The Bertz CT molecular complexity index is 1170. The molecule has 3 rings (SSSR count). The highest BCUT2D eigenvalue weighted by atomic mass is 16.5. The van der Waals surface area contributed by atoms with Crippen LogP contribution in [0.5, 0.6) is 17.2 Å². The number of carbonyl (C=O) groups excluding carboxylic acids is 2. The SMILES string of the molecule is CC(=O)CC(C)CCCC(C)(C)C.COc1ccc(C(C)(C)c2ccc(OC(C)=O)cc2)cc1.COc1ccccc1. The number of hydrogen-bond acceptors (Lipinski definition) is 5. The van der Waals surface area contributed by atoms with Crippen molar-refractivity contribution in [2.75, 3.05) is 14.2 Å². The first-order chi connectivity index (χ1) is 19.7. The maximum absolute atomic E-state index is 10.9. The molecule has 0 N–H and O–H groups in total. The van der Waals surface area contributed by atoms with E-state index in [2.05, 4.69) is 53.7 Å². The van der Waals surface area contributed by atoms with E-state index in [0.717, 1.165) is 23.5 Å². The summed E-state index contributed by atoms with van der Waals surface area (Å²) in [4.78, 5) is 21.8. The maximum atomic E-state index is 10.9. The van der Waals surface area contributed by atoms with Gasteiger partial charge in [-0.15, -0.1) is 0 Å². The highest BCUT2D eigenvalue weighted by molar-refractivity contribution is 5.75. The third-order valence-electron chi connectivity index (χ3n) is 6.89. The largest absolute Gasteiger partial charge is 0.497 e. The van der Waals surface area contributed by atoms with Gasteiger partial charge in [-0.3, -0.25) is 4.79 Å². The monoisotopic (exact) mass is 576 g/mol. The van der Waals surface area contributed by atoms with Gasteiger partial charge in [-0.25, -0.2) is 0 Å². The lowest BCUT2D eigenvalue weighted by Crippen LogP contribution is -2.18. The molecule has 3 aromatic rings. The standard InChI is InChI=1S/C18H20O3.C12H24O.C7H8O/c1-13(19)21-17-11-7-15(8-12-17)18(2,3)14-5-9-16(20-4)10-6-14;1-10(9-11(2)13)7-6-8-12(3,4)5;1-8-7-5-3-2-4-6-7/h5-12H,1-4H3;10H,6-9H2,1-5H3;2-6H,1H3. The normalized spacial score (nSPS) is 11.6. The second-order valence-corrected chi connectivity index (χ2v) is 12.5. The Balaban J connectivity index is 0.000000356. The van der Waals surface area contributed by atoms with Gasteiger partial charge in [0.15, 0.2) is 0 Å². The summed E-state index contributed by atoms with van der Waals surface area (Å²) in [6, 6.07) is 25.4. The summed E-state index contributed by atoms with van der Waals surface area (Å²) >= 11 is 0. The number of rotatable bonds is 10. The summed E-state index contributed by atoms with van der Waals surface area (Å²) in [5.74, 6) is 2.91. The summed E-state index contributed by atoms with van der Waals surface area (Å²) in [5, 5.41) is 0. The van der Waals surface area contributed by atoms with Crippen LogP contribution in [0.25, 0.3) is 0 Å². The van der Waals surface area contributed by atoms with Gasteiger partial charge in [-0.2, -0.15) is 0 Å². The number of ether oxygens (including phenoxy) is 3. The molecule has 0 bridgehead atoms. The van der Waals surface area contributed by atoms with Crippen molar-refractivity contribution in [1.29, 1.82) is 0 Å². The van der Waals surface area contributed by atoms with Crippen LogP contribution in [0.4, 0.5) is 0 Å². The second kappa shape index (κ2) is 18.0. The molecule has 5 nitrogen and oxygen atoms in total. The number of ketones is 1. The van der Waals surface area contributed by atoms with Crippen LogP contribution in [-0.4, -0.2) is 26.0 Å². The average Bonchev–Trinajstić information content (AvgIpc) is 2.93. The Hall–Kier alpha value is -3.60. The third-order valence-corrected chi connectivity index (χ3v) is 6.89. The average molecular weight is 577 g/mol. The quantitative estimate of drug-likeness (QED) is 0.178. The van der Waals surface area contributed by atoms with E-state index in [1.54, 1.807) is 21.1 Å². The molecule has 42 heavy (non-hydrogen) atoms. The molecule has 0 aromatic heterocycles. The summed E-state index contributed by atoms with van der Waals surface area (Å²) < 4.78 is 15.2. The smallest absolute Gasteiger partial charge is 0.308 e. The van der Waals surface area contributed by atoms with Crippen LogP contribution in [0.1, 0.15) is 92.2 Å². The number of benzene rings is 3. The van der Waals surface area contributed by atoms with E-state index < -0.39 is 0 Å². The van der Waals surface area contributed by atoms with Crippen molar-refractivity contribution < 1.29 is 23.8 Å². The van der Waals surface area contributed by atoms with Gasteiger partial charge in [-0.1, -0.05) is 96.8 Å². The summed E-state index contributed by atoms with van der Waals surface area (Å²) in [7, 11) is 3.32. The van der Waals surface area contributed by atoms with E-state index in [0.29, 0.717) is 22.9 Å². The molecule has 0 aliphatic carbocycles. The molecule has 1 atom stereocenters. The molecule has 1 unspecified atom stereocenters. The summed E-state index contributed by atoms with van der Waals surface area (Å²) in [5.41, 5.74) is 2.66. The molecule has 0 aliphatic rings. The minimum atomic E-state index is -0.308. The summed E-state index contributed by atoms with van der Waals surface area (Å²) in [6.45, 7) is 16.4. The van der Waals surface area contributed by atoms with Crippen LogP contribution in [0, 0.1) is 11.3 Å². The van der Waals surface area contributed by atoms with Gasteiger partial charge in [0.2, 0.25) is 0 Å². The zero-order valence-corrected chi connectivity index (χ0v) is 27.5. The van der Waals surface area contributed by atoms with E-state index in [-0.39, 0.29) is 11.4 Å². The molecular weight excluding hydrogens is 524 g/mol. The lowest BCUT2D eigenvalue weighted by molar-refractivity contribution is -0.131. The molecule has 5 heteroatoms. The fourth-order valence-electron chi connectivity index (χ4n) is 4.41. The van der Waals surface area contributed by atoms with Gasteiger partial charge >= 0.3 is 5.97 Å². The zero-order valence-electron chi connectivity index (χ0n) is 27.5. The molecule has 0 spiro atoms. The Labute approximate surface area is 254 Å². The predicted octanol–water partition coefficient (Wildman–Crippen LogP) is 9.46. The van der Waals surface area contributed by atoms with Crippen molar-refractivity contribution in [2.45, 2.75) is 86.5 Å². The molecule has 230 valence electrons. The van der Waals surface area contributed by atoms with Crippen molar-refractivity contribution in [3.8, 4) is 17.2 Å². The van der Waals surface area contributed by atoms with E-state index in [9.17, 15) is 9.59 Å². The van der Waals surface area contributed by atoms with Crippen LogP contribution in [0.2, 0.25) is 0 Å². The van der Waals surface area contributed by atoms with Crippen molar-refractivity contribution in [2.24, 2.45) is 11.3 Å². The number of Topliss-reactive ketones (excluding diaryl/α,β-unsaturated/α-hetero) is 1. The predicted molar refractivity (Wildman–Crippen MR) is 174 cm³/mol. The zero-order chi connectivity index (χ0) is 31.8. The van der Waals surface area contributed by atoms with Gasteiger partial charge in [-0.05, 0) is 72.2 Å². The summed E-state index contributed by atoms with van der Waals surface area (Å²) in [6.07, 6.45) is 4.45. The number of esters is 1. The molecule has 0 heterocycles. The Morgan fingerprint density at radius 3 is 1.52 bits per heavy atom. The fraction of sp³-hybridized carbons (Fsp3) is 0.459. The maximum Gasteiger partial charge on any atom is 0.308 e. The van der Waals surface area contributed by atoms with Crippen molar-refractivity contribution >= 4 is 11.8 Å². The van der Waals surface area contributed by atoms with Crippen LogP contribution in [0.15, 0.2) is 78.9 Å². The minimum Gasteiger partial charge on any atom is -0.497 e. The van der Waals surface area contributed by atoms with Gasteiger partial charge in [0.1, 0.15) is 23.0 Å². The van der Waals surface area contributed by atoms with Gasteiger partial charge < -0.3 is 19.0 Å². The van der Waals surface area contributed by atoms with Crippen molar-refractivity contribution in [1.82, 2.24) is 0 Å². The van der Waals surface area contributed by atoms with Crippen LogP contribution in [-0.2, 0) is 15.0 Å². The van der Waals surface area contributed by atoms with Crippen LogP contribution >= 0.6 is 0 Å². The lowest BCUT2D eigenvalue weighted by atomic mass is 9.78. The van der Waals surface area contributed by atoms with Crippen molar-refractivity contribution in [3.05, 3.63) is 90.0 Å². The Morgan fingerprint density at radius 2 is 1.14 bits per heavy atom. The van der Waals surface area contributed by atoms with E-state index in [1.165, 1.54) is 31.7 Å². The first kappa shape index (κ1) is 36.4. The van der Waals surface area contributed by atoms with Crippen molar-refractivity contribution in [3.63, 3.8) is 0 Å². The number of hydrogen-bond donors (Lipinski definition) is 0. The van der Waals surface area contributed by atoms with E-state index in [1.807, 2.05) is 66.7 Å². The first-order valence-corrected chi connectivity index (χ1v) is 14.7. The van der Waals surface area contributed by atoms with Crippen LogP contribution < -0.4 is 14.2 Å². The lowest BCUT2D eigenvalue weighted by Gasteiger charge is -2.26. The molecule has 0 aliphatic heterocycles. The topological polar surface area (TPSA) is 61.8 Å². The van der Waals surface area contributed by atoms with Gasteiger partial charge in [0.05, 0.1) is 14.2 Å². The second-order valence-electron chi connectivity index (χ2n) is 12.5. The minimum absolute atomic E-state index is 0.138. The highest BCUT2D eigenvalue weighted by Crippen LogP contribution is 2.33. The Morgan fingerprint density at radius 1 is 0.690 bits per heavy atom.